The SMILES string of the molecule is CCC(=O)NCCCCC(NC(=O)COCCOCCCC(C)=O)C(=O)O. The Hall–Kier alpha value is -2.00. The highest BCUT2D eigenvalue weighted by Crippen LogP contribution is 2.01. The maximum Gasteiger partial charge on any atom is 0.326 e. The van der Waals surface area contributed by atoms with Crippen LogP contribution in [0.15, 0.2) is 0 Å². The van der Waals surface area contributed by atoms with E-state index < -0.39 is 17.9 Å². The molecule has 9 nitrogen and oxygen atoms in total. The van der Waals surface area contributed by atoms with Crippen molar-refractivity contribution in [2.45, 2.75) is 58.4 Å². The van der Waals surface area contributed by atoms with Gasteiger partial charge in [0, 0.05) is 26.0 Å². The number of amides is 2. The Morgan fingerprint density at radius 3 is 2.30 bits per heavy atom. The monoisotopic (exact) mass is 388 g/mol. The molecule has 0 spiro atoms. The third-order valence-electron chi connectivity index (χ3n) is 3.62. The lowest BCUT2D eigenvalue weighted by atomic mass is 10.1. The summed E-state index contributed by atoms with van der Waals surface area (Å²) in [5, 5.41) is 14.3. The summed E-state index contributed by atoms with van der Waals surface area (Å²) < 4.78 is 10.4. The molecule has 0 aromatic rings. The Labute approximate surface area is 160 Å². The fourth-order valence-electron chi connectivity index (χ4n) is 2.13. The first-order chi connectivity index (χ1) is 12.9. The standard InChI is InChI=1S/C18H32N2O7/c1-3-16(22)19-9-5-4-8-15(18(24)25)20-17(23)13-27-12-11-26-10-6-7-14(2)21/h15H,3-13H2,1-2H3,(H,19,22)(H,20,23)(H,24,25). The summed E-state index contributed by atoms with van der Waals surface area (Å²) in [6.45, 7) is 4.49. The molecule has 0 aliphatic carbocycles. The number of ketones is 1. The summed E-state index contributed by atoms with van der Waals surface area (Å²) in [6.07, 6.45) is 3.03. The minimum Gasteiger partial charge on any atom is -0.480 e. The maximum absolute atomic E-state index is 11.8. The second-order valence-corrected chi connectivity index (χ2v) is 6.13. The van der Waals surface area contributed by atoms with E-state index in [4.69, 9.17) is 14.6 Å². The number of hydrogen-bond donors (Lipinski definition) is 3. The molecule has 0 bridgehead atoms. The van der Waals surface area contributed by atoms with Crippen LogP contribution in [-0.2, 0) is 28.7 Å². The van der Waals surface area contributed by atoms with Crippen LogP contribution in [0, 0.1) is 0 Å². The van der Waals surface area contributed by atoms with E-state index in [2.05, 4.69) is 10.6 Å². The molecule has 0 saturated carbocycles. The molecule has 0 saturated heterocycles. The van der Waals surface area contributed by atoms with Crippen LogP contribution in [0.1, 0.15) is 52.4 Å². The normalized spacial score (nSPS) is 11.6. The van der Waals surface area contributed by atoms with Crippen molar-refractivity contribution in [1.29, 1.82) is 0 Å². The Morgan fingerprint density at radius 1 is 0.963 bits per heavy atom. The molecule has 156 valence electrons. The number of carbonyl (C=O) groups excluding carboxylic acids is 3. The fraction of sp³-hybridized carbons (Fsp3) is 0.778. The zero-order valence-corrected chi connectivity index (χ0v) is 16.3. The van der Waals surface area contributed by atoms with Crippen LogP contribution in [0.25, 0.3) is 0 Å². The topological polar surface area (TPSA) is 131 Å². The molecule has 27 heavy (non-hydrogen) atoms. The van der Waals surface area contributed by atoms with Gasteiger partial charge < -0.3 is 30.0 Å². The molecule has 0 aliphatic heterocycles. The number of nitrogens with one attached hydrogen (secondary N) is 2. The Kier molecular flexibility index (Phi) is 15.0. The first kappa shape index (κ1) is 25.0. The summed E-state index contributed by atoms with van der Waals surface area (Å²) in [6, 6.07) is -0.981. The highest BCUT2D eigenvalue weighted by molar-refractivity contribution is 5.84. The number of rotatable bonds is 17. The lowest BCUT2D eigenvalue weighted by molar-refractivity contribution is -0.142. The van der Waals surface area contributed by atoms with Gasteiger partial charge in [0.25, 0.3) is 0 Å². The summed E-state index contributed by atoms with van der Waals surface area (Å²) in [5.41, 5.74) is 0. The van der Waals surface area contributed by atoms with Crippen LogP contribution in [0.5, 0.6) is 0 Å². The van der Waals surface area contributed by atoms with Crippen molar-refractivity contribution in [3.05, 3.63) is 0 Å². The molecule has 0 aliphatic rings. The minimum absolute atomic E-state index is 0.0435. The number of hydrogen-bond acceptors (Lipinski definition) is 6. The van der Waals surface area contributed by atoms with Crippen molar-refractivity contribution < 1.29 is 33.8 Å². The molecule has 9 heteroatoms. The third-order valence-corrected chi connectivity index (χ3v) is 3.62. The number of aliphatic carboxylic acids is 1. The molecule has 2 amide bonds. The molecule has 0 radical (unpaired) electrons. The summed E-state index contributed by atoms with van der Waals surface area (Å²) >= 11 is 0. The van der Waals surface area contributed by atoms with Crippen molar-refractivity contribution in [3.8, 4) is 0 Å². The zero-order chi connectivity index (χ0) is 20.5. The zero-order valence-electron chi connectivity index (χ0n) is 16.3. The molecule has 0 aromatic heterocycles. The number of unbranched alkanes of at least 4 members (excludes halogenated alkanes) is 1. The van der Waals surface area contributed by atoms with Crippen molar-refractivity contribution in [3.63, 3.8) is 0 Å². The van der Waals surface area contributed by atoms with E-state index in [1.165, 1.54) is 6.92 Å². The van der Waals surface area contributed by atoms with Gasteiger partial charge in [0.15, 0.2) is 0 Å². The fourth-order valence-corrected chi connectivity index (χ4v) is 2.13. The average Bonchev–Trinajstić information content (AvgIpc) is 2.61. The Bertz CT molecular complexity index is 469. The van der Waals surface area contributed by atoms with Crippen LogP contribution in [0.3, 0.4) is 0 Å². The number of carbonyl (C=O) groups is 4. The molecule has 1 unspecified atom stereocenters. The lowest BCUT2D eigenvalue weighted by Gasteiger charge is -2.14. The van der Waals surface area contributed by atoms with Crippen molar-refractivity contribution in [2.75, 3.05) is 33.0 Å². The van der Waals surface area contributed by atoms with E-state index in [1.807, 2.05) is 0 Å². The van der Waals surface area contributed by atoms with Crippen molar-refractivity contribution in [2.24, 2.45) is 0 Å². The highest BCUT2D eigenvalue weighted by Gasteiger charge is 2.19. The van der Waals surface area contributed by atoms with E-state index in [-0.39, 0.29) is 31.3 Å². The minimum atomic E-state index is -1.10. The van der Waals surface area contributed by atoms with Gasteiger partial charge >= 0.3 is 5.97 Å². The highest BCUT2D eigenvalue weighted by atomic mass is 16.5. The molecule has 0 fully saturated rings. The van der Waals surface area contributed by atoms with E-state index >= 15 is 0 Å². The predicted octanol–water partition coefficient (Wildman–Crippen LogP) is 0.655. The number of carboxylic acids is 1. The Morgan fingerprint density at radius 2 is 1.67 bits per heavy atom. The second kappa shape index (κ2) is 16.2. The van der Waals surface area contributed by atoms with E-state index in [0.29, 0.717) is 51.9 Å². The lowest BCUT2D eigenvalue weighted by Crippen LogP contribution is -2.42. The quantitative estimate of drug-likeness (QED) is 0.312. The van der Waals surface area contributed by atoms with Gasteiger partial charge in [-0.05, 0) is 32.6 Å². The van der Waals surface area contributed by atoms with Gasteiger partial charge in [-0.1, -0.05) is 6.92 Å². The molecule has 0 aromatic carbocycles. The average molecular weight is 388 g/mol. The predicted molar refractivity (Wildman–Crippen MR) is 98.3 cm³/mol. The molecule has 0 heterocycles. The van der Waals surface area contributed by atoms with E-state index in [1.54, 1.807) is 6.92 Å². The van der Waals surface area contributed by atoms with Crippen molar-refractivity contribution >= 4 is 23.6 Å². The smallest absolute Gasteiger partial charge is 0.326 e. The first-order valence-electron chi connectivity index (χ1n) is 9.30. The molecule has 1 atom stereocenters. The number of ether oxygens (including phenoxy) is 2. The second-order valence-electron chi connectivity index (χ2n) is 6.13. The number of Topliss-reactive ketones (excluding diaryl/α,β-unsaturated/α-hetero) is 1. The first-order valence-corrected chi connectivity index (χ1v) is 9.30. The van der Waals surface area contributed by atoms with Gasteiger partial charge in [0.2, 0.25) is 11.8 Å². The third kappa shape index (κ3) is 15.9. The van der Waals surface area contributed by atoms with Crippen LogP contribution >= 0.6 is 0 Å². The van der Waals surface area contributed by atoms with E-state index in [9.17, 15) is 19.2 Å². The molecular weight excluding hydrogens is 356 g/mol. The van der Waals surface area contributed by atoms with Crippen LogP contribution in [0.4, 0.5) is 0 Å². The van der Waals surface area contributed by atoms with Gasteiger partial charge in [-0.3, -0.25) is 9.59 Å². The summed E-state index contributed by atoms with van der Waals surface area (Å²) in [4.78, 5) is 44.8. The summed E-state index contributed by atoms with van der Waals surface area (Å²) in [7, 11) is 0. The summed E-state index contributed by atoms with van der Waals surface area (Å²) in [5.74, 6) is -1.53. The van der Waals surface area contributed by atoms with E-state index in [0.717, 1.165) is 0 Å². The van der Waals surface area contributed by atoms with Crippen molar-refractivity contribution in [1.82, 2.24) is 10.6 Å². The Balaban J connectivity index is 3.78. The largest absolute Gasteiger partial charge is 0.480 e. The number of carboxylic acid groups (broad SMARTS) is 1. The van der Waals surface area contributed by atoms with Crippen LogP contribution in [0.2, 0.25) is 0 Å². The van der Waals surface area contributed by atoms with Gasteiger partial charge in [-0.15, -0.1) is 0 Å². The van der Waals surface area contributed by atoms with Gasteiger partial charge in [-0.2, -0.15) is 0 Å². The molecule has 3 N–H and O–H groups in total. The van der Waals surface area contributed by atoms with Gasteiger partial charge in [0.05, 0.1) is 13.2 Å². The molecule has 0 rings (SSSR count). The van der Waals surface area contributed by atoms with Crippen LogP contribution < -0.4 is 10.6 Å². The van der Waals surface area contributed by atoms with Gasteiger partial charge in [-0.25, -0.2) is 4.79 Å². The maximum atomic E-state index is 11.8. The van der Waals surface area contributed by atoms with Crippen LogP contribution in [-0.4, -0.2) is 67.7 Å². The van der Waals surface area contributed by atoms with Gasteiger partial charge in [0.1, 0.15) is 18.4 Å². The molecular formula is C18H32N2O7.